The Bertz CT molecular complexity index is 65.1. The summed E-state index contributed by atoms with van der Waals surface area (Å²) in [5.74, 6) is 0. The summed E-state index contributed by atoms with van der Waals surface area (Å²) >= 11 is -2.35. The van der Waals surface area contributed by atoms with Crippen molar-refractivity contribution in [3.05, 3.63) is 11.2 Å². The van der Waals surface area contributed by atoms with Crippen LogP contribution < -0.4 is 0 Å². The molecule has 0 aromatic carbocycles. The van der Waals surface area contributed by atoms with E-state index >= 15 is 0 Å². The average Bonchev–Trinajstić information content (AvgIpc) is 1.30. The van der Waals surface area contributed by atoms with Gasteiger partial charge in [-0.15, -0.1) is 0 Å². The summed E-state index contributed by atoms with van der Waals surface area (Å²) in [6.45, 7) is 3.01. The second-order valence-corrected chi connectivity index (χ2v) is 4.86. The molecule has 0 saturated carbocycles. The molecule has 0 rings (SSSR count). The van der Waals surface area contributed by atoms with Crippen LogP contribution in [0, 0.1) is 0 Å². The van der Waals surface area contributed by atoms with Crippen LogP contribution in [-0.4, -0.2) is 4.77 Å². The van der Waals surface area contributed by atoms with Gasteiger partial charge in [-0.05, 0) is 0 Å². The van der Waals surface area contributed by atoms with Gasteiger partial charge in [-0.25, -0.2) is 0 Å². The van der Waals surface area contributed by atoms with Gasteiger partial charge >= 0.3 is 46.3 Å². The summed E-state index contributed by atoms with van der Waals surface area (Å²) in [5.41, 5.74) is 0. The van der Waals surface area contributed by atoms with Crippen LogP contribution in [0.4, 0.5) is 13.2 Å². The molecule has 0 saturated heterocycles. The molecule has 0 aromatic heterocycles. The van der Waals surface area contributed by atoms with E-state index in [1.807, 2.05) is 0 Å². The molecule has 0 atom stereocenters. The van der Waals surface area contributed by atoms with E-state index < -0.39 is 21.9 Å². The zero-order chi connectivity index (χ0) is 5.91. The minimum atomic E-state index is -3.88. The first-order valence-corrected chi connectivity index (χ1v) is 4.93. The number of hydrogen-bond donors (Lipinski definition) is 0. The van der Waals surface area contributed by atoms with Gasteiger partial charge in [0.05, 0.1) is 0 Å². The SMILES string of the molecule is C=[CH][Zn][C](F)(F)F. The van der Waals surface area contributed by atoms with Crippen LogP contribution >= 0.6 is 0 Å². The number of alkyl halides is 3. The molecular weight excluding hydrogens is 158 g/mol. The summed E-state index contributed by atoms with van der Waals surface area (Å²) in [6, 6.07) is 0. The van der Waals surface area contributed by atoms with E-state index in [4.69, 9.17) is 0 Å². The van der Waals surface area contributed by atoms with Crippen LogP contribution in [0.25, 0.3) is 0 Å². The van der Waals surface area contributed by atoms with E-state index in [9.17, 15) is 13.2 Å². The Labute approximate surface area is 47.0 Å². The standard InChI is InChI=1S/C2H3.CF3.Zn/c1-2;2-1(3)4;/h1H,2H2;;. The van der Waals surface area contributed by atoms with Gasteiger partial charge in [0.25, 0.3) is 0 Å². The van der Waals surface area contributed by atoms with Crippen LogP contribution in [0.5, 0.6) is 0 Å². The number of rotatable bonds is 1. The monoisotopic (exact) mass is 160 g/mol. The molecular formula is C3H3F3Zn. The van der Waals surface area contributed by atoms with Gasteiger partial charge in [0, 0.05) is 0 Å². The van der Waals surface area contributed by atoms with Crippen molar-refractivity contribution >= 4 is 0 Å². The molecule has 0 aromatic rings. The van der Waals surface area contributed by atoms with Crippen LogP contribution in [0.15, 0.2) is 11.2 Å². The van der Waals surface area contributed by atoms with Crippen molar-refractivity contribution in [3.8, 4) is 0 Å². The van der Waals surface area contributed by atoms with Gasteiger partial charge in [-0.3, -0.25) is 0 Å². The van der Waals surface area contributed by atoms with Crippen molar-refractivity contribution in [1.82, 2.24) is 0 Å². The zero-order valence-electron chi connectivity index (χ0n) is 3.63. The summed E-state index contributed by atoms with van der Waals surface area (Å²) < 4.78 is 30.3. The first-order chi connectivity index (χ1) is 3.06. The van der Waals surface area contributed by atoms with E-state index in [2.05, 4.69) is 6.58 Å². The summed E-state index contributed by atoms with van der Waals surface area (Å²) in [4.78, 5) is 0. The third-order valence-electron chi connectivity index (χ3n) is 0.376. The maximum atomic E-state index is 11.1. The van der Waals surface area contributed by atoms with Gasteiger partial charge in [0.1, 0.15) is 0 Å². The predicted molar refractivity (Wildman–Crippen MR) is 16.3 cm³/mol. The topological polar surface area (TPSA) is 0 Å². The fraction of sp³-hybridized carbons (Fsp3) is 0.333. The third-order valence-corrected chi connectivity index (χ3v) is 1.95. The summed E-state index contributed by atoms with van der Waals surface area (Å²) in [5, 5.41) is 0. The Balaban J connectivity index is 3.34. The molecule has 0 radical (unpaired) electrons. The van der Waals surface area contributed by atoms with Crippen molar-refractivity contribution in [2.24, 2.45) is 0 Å². The Kier molecular flexibility index (Phi) is 2.51. The number of hydrogen-bond acceptors (Lipinski definition) is 0. The van der Waals surface area contributed by atoms with Crippen molar-refractivity contribution in [2.45, 2.75) is 4.77 Å². The molecule has 4 heteroatoms. The molecule has 0 bridgehead atoms. The average molecular weight is 161 g/mol. The molecule has 0 aliphatic heterocycles. The Morgan fingerprint density at radius 2 is 1.86 bits per heavy atom. The molecule has 0 N–H and O–H groups in total. The molecule has 0 spiro atoms. The first kappa shape index (κ1) is 7.15. The molecule has 0 aliphatic rings. The maximum absolute atomic E-state index is 11.1. The number of halogens is 3. The van der Waals surface area contributed by atoms with E-state index in [0.29, 0.717) is 0 Å². The van der Waals surface area contributed by atoms with Crippen molar-refractivity contribution in [3.63, 3.8) is 0 Å². The Hall–Kier alpha value is 0.153. The van der Waals surface area contributed by atoms with E-state index in [-0.39, 0.29) is 0 Å². The van der Waals surface area contributed by atoms with Crippen LogP contribution in [0.3, 0.4) is 0 Å². The Morgan fingerprint density at radius 1 is 1.43 bits per heavy atom. The molecule has 0 amide bonds. The van der Waals surface area contributed by atoms with Crippen LogP contribution in [-0.2, 0) is 17.1 Å². The molecule has 0 nitrogen and oxygen atoms in total. The summed E-state index contributed by atoms with van der Waals surface area (Å²) in [7, 11) is 0. The van der Waals surface area contributed by atoms with Crippen molar-refractivity contribution in [2.75, 3.05) is 0 Å². The van der Waals surface area contributed by atoms with Crippen molar-refractivity contribution in [1.29, 1.82) is 0 Å². The molecule has 7 heavy (non-hydrogen) atoms. The normalized spacial score (nSPS) is 10.1. The first-order valence-electron chi connectivity index (χ1n) is 1.74. The van der Waals surface area contributed by atoms with Gasteiger partial charge < -0.3 is 0 Å². The second kappa shape index (κ2) is 2.46. The molecule has 38 valence electrons. The van der Waals surface area contributed by atoms with Gasteiger partial charge in [-0.1, -0.05) is 0 Å². The molecule has 0 unspecified atom stereocenters. The third kappa shape index (κ3) is 6.15. The van der Waals surface area contributed by atoms with Crippen LogP contribution in [0.2, 0.25) is 0 Å². The van der Waals surface area contributed by atoms with E-state index in [1.165, 1.54) is 0 Å². The van der Waals surface area contributed by atoms with Crippen LogP contribution in [0.1, 0.15) is 0 Å². The quantitative estimate of drug-likeness (QED) is 0.514. The van der Waals surface area contributed by atoms with E-state index in [1.54, 1.807) is 0 Å². The molecule has 0 heterocycles. The molecule has 0 aliphatic carbocycles. The Morgan fingerprint density at radius 3 is 1.86 bits per heavy atom. The predicted octanol–water partition coefficient (Wildman–Crippen LogP) is 1.73. The van der Waals surface area contributed by atoms with Gasteiger partial charge in [-0.2, -0.15) is 0 Å². The minimum absolute atomic E-state index is 1.02. The molecule has 0 fully saturated rings. The second-order valence-electron chi connectivity index (χ2n) is 1.11. The summed E-state index contributed by atoms with van der Waals surface area (Å²) in [6.07, 6.45) is 0. The van der Waals surface area contributed by atoms with Gasteiger partial charge in [0.15, 0.2) is 0 Å². The fourth-order valence-electron chi connectivity index (χ4n) is 0.164. The van der Waals surface area contributed by atoms with E-state index in [0.717, 1.165) is 4.67 Å². The van der Waals surface area contributed by atoms with Gasteiger partial charge in [0.2, 0.25) is 0 Å². The van der Waals surface area contributed by atoms with Crippen molar-refractivity contribution < 1.29 is 30.3 Å². The zero-order valence-corrected chi connectivity index (χ0v) is 6.59. The fourth-order valence-corrected chi connectivity index (χ4v) is 0.850.